The predicted molar refractivity (Wildman–Crippen MR) is 130 cm³/mol. The van der Waals surface area contributed by atoms with E-state index in [2.05, 4.69) is 57.2 Å². The molecule has 0 aliphatic carbocycles. The standard InChI is InChI=1S/C20H35N5OS.HI/c1-4-9-22-19(26)15-25-10-7-17(8-11-25)24-20(21-3)23-14-16(2)13-18-6-5-12-27-18;/h5-6,12,16-17H,4,7-11,13-15H2,1-3H3,(H,22,26)(H2,21,23,24);1H. The molecule has 0 aromatic carbocycles. The summed E-state index contributed by atoms with van der Waals surface area (Å²) in [6.07, 6.45) is 4.15. The third-order valence-corrected chi connectivity index (χ3v) is 5.74. The van der Waals surface area contributed by atoms with Gasteiger partial charge in [0.05, 0.1) is 6.54 Å². The Labute approximate surface area is 191 Å². The number of hydrogen-bond acceptors (Lipinski definition) is 4. The number of piperidine rings is 1. The Bertz CT molecular complexity index is 573. The van der Waals surface area contributed by atoms with Crippen molar-refractivity contribution in [3.05, 3.63) is 22.4 Å². The summed E-state index contributed by atoms with van der Waals surface area (Å²) in [5, 5.41) is 12.1. The van der Waals surface area contributed by atoms with Gasteiger partial charge in [0.1, 0.15) is 0 Å². The highest BCUT2D eigenvalue weighted by molar-refractivity contribution is 14.0. The maximum absolute atomic E-state index is 11.8. The Balaban J connectivity index is 0.00000392. The number of likely N-dealkylation sites (tertiary alicyclic amines) is 1. The molecule has 1 fully saturated rings. The summed E-state index contributed by atoms with van der Waals surface area (Å²) >= 11 is 1.82. The molecule has 1 atom stereocenters. The summed E-state index contributed by atoms with van der Waals surface area (Å²) in [4.78, 5) is 19.9. The Hall–Kier alpha value is -0.870. The molecule has 0 spiro atoms. The zero-order valence-electron chi connectivity index (χ0n) is 17.4. The lowest BCUT2D eigenvalue weighted by atomic mass is 10.1. The molecule has 1 amide bonds. The molecule has 1 aliphatic heterocycles. The Morgan fingerprint density at radius 1 is 1.36 bits per heavy atom. The average molecular weight is 522 g/mol. The van der Waals surface area contributed by atoms with Crippen LogP contribution in [0, 0.1) is 5.92 Å². The lowest BCUT2D eigenvalue weighted by Gasteiger charge is -2.32. The van der Waals surface area contributed by atoms with Crippen LogP contribution in [0.25, 0.3) is 0 Å². The van der Waals surface area contributed by atoms with Crippen LogP contribution in [0.4, 0.5) is 0 Å². The molecule has 0 bridgehead atoms. The number of nitrogens with zero attached hydrogens (tertiary/aromatic N) is 2. The van der Waals surface area contributed by atoms with E-state index in [1.165, 1.54) is 4.88 Å². The summed E-state index contributed by atoms with van der Waals surface area (Å²) in [6, 6.07) is 4.73. The number of halogens is 1. The lowest BCUT2D eigenvalue weighted by molar-refractivity contribution is -0.122. The third kappa shape index (κ3) is 9.56. The number of hydrogen-bond donors (Lipinski definition) is 3. The van der Waals surface area contributed by atoms with Crippen molar-refractivity contribution in [1.82, 2.24) is 20.9 Å². The van der Waals surface area contributed by atoms with Crippen molar-refractivity contribution in [1.29, 1.82) is 0 Å². The van der Waals surface area contributed by atoms with Crippen LogP contribution in [0.3, 0.4) is 0 Å². The van der Waals surface area contributed by atoms with Gasteiger partial charge in [-0.1, -0.05) is 19.9 Å². The van der Waals surface area contributed by atoms with Gasteiger partial charge < -0.3 is 16.0 Å². The zero-order valence-corrected chi connectivity index (χ0v) is 20.5. The van der Waals surface area contributed by atoms with Crippen molar-refractivity contribution in [3.63, 3.8) is 0 Å². The minimum absolute atomic E-state index is 0. The number of nitrogens with one attached hydrogen (secondary N) is 3. The molecule has 6 nitrogen and oxygen atoms in total. The largest absolute Gasteiger partial charge is 0.356 e. The molecule has 0 radical (unpaired) electrons. The van der Waals surface area contributed by atoms with Crippen molar-refractivity contribution < 1.29 is 4.79 Å². The van der Waals surface area contributed by atoms with Crippen molar-refractivity contribution >= 4 is 47.2 Å². The molecule has 2 rings (SSSR count). The third-order valence-electron chi connectivity index (χ3n) is 4.84. The molecular weight excluding hydrogens is 485 g/mol. The summed E-state index contributed by atoms with van der Waals surface area (Å²) < 4.78 is 0. The summed E-state index contributed by atoms with van der Waals surface area (Å²) in [5.74, 6) is 1.58. The monoisotopic (exact) mass is 521 g/mol. The first-order valence-electron chi connectivity index (χ1n) is 10.1. The van der Waals surface area contributed by atoms with Crippen LogP contribution in [0.15, 0.2) is 22.5 Å². The second kappa shape index (κ2) is 14.2. The lowest BCUT2D eigenvalue weighted by Crippen LogP contribution is -2.50. The number of aliphatic imine (C=N–C) groups is 1. The van der Waals surface area contributed by atoms with E-state index in [4.69, 9.17) is 0 Å². The Kier molecular flexibility index (Phi) is 12.7. The minimum Gasteiger partial charge on any atom is -0.356 e. The number of thiophene rings is 1. The molecular formula is C20H36IN5OS. The molecule has 160 valence electrons. The van der Waals surface area contributed by atoms with E-state index in [9.17, 15) is 4.79 Å². The van der Waals surface area contributed by atoms with Gasteiger partial charge in [-0.25, -0.2) is 0 Å². The molecule has 1 unspecified atom stereocenters. The number of carbonyl (C=O) groups excluding carboxylic acids is 1. The maximum Gasteiger partial charge on any atom is 0.234 e. The second-order valence-electron chi connectivity index (χ2n) is 7.39. The number of guanidine groups is 1. The number of rotatable bonds is 9. The highest BCUT2D eigenvalue weighted by Gasteiger charge is 2.21. The topological polar surface area (TPSA) is 68.8 Å². The van der Waals surface area contributed by atoms with Crippen molar-refractivity contribution in [2.75, 3.05) is 39.8 Å². The fourth-order valence-electron chi connectivity index (χ4n) is 3.26. The van der Waals surface area contributed by atoms with Crippen LogP contribution >= 0.6 is 35.3 Å². The fourth-order valence-corrected chi connectivity index (χ4v) is 4.13. The van der Waals surface area contributed by atoms with Crippen LogP contribution < -0.4 is 16.0 Å². The van der Waals surface area contributed by atoms with Crippen LogP contribution in [-0.2, 0) is 11.2 Å². The normalized spacial score (nSPS) is 16.9. The predicted octanol–water partition coefficient (Wildman–Crippen LogP) is 2.70. The van der Waals surface area contributed by atoms with E-state index in [1.54, 1.807) is 0 Å². The van der Waals surface area contributed by atoms with Gasteiger partial charge in [0, 0.05) is 44.1 Å². The maximum atomic E-state index is 11.8. The highest BCUT2D eigenvalue weighted by atomic mass is 127. The van der Waals surface area contributed by atoms with Gasteiger partial charge in [-0.3, -0.25) is 14.7 Å². The van der Waals surface area contributed by atoms with E-state index in [1.807, 2.05) is 18.4 Å². The summed E-state index contributed by atoms with van der Waals surface area (Å²) in [5.41, 5.74) is 0. The van der Waals surface area contributed by atoms with Gasteiger partial charge in [0.2, 0.25) is 5.91 Å². The van der Waals surface area contributed by atoms with Gasteiger partial charge in [-0.2, -0.15) is 0 Å². The minimum atomic E-state index is 0. The van der Waals surface area contributed by atoms with Crippen LogP contribution in [0.1, 0.15) is 38.0 Å². The Morgan fingerprint density at radius 3 is 2.71 bits per heavy atom. The van der Waals surface area contributed by atoms with Gasteiger partial charge in [0.15, 0.2) is 5.96 Å². The van der Waals surface area contributed by atoms with Crippen LogP contribution in [0.2, 0.25) is 0 Å². The molecule has 28 heavy (non-hydrogen) atoms. The Morgan fingerprint density at radius 2 is 2.11 bits per heavy atom. The first kappa shape index (κ1) is 25.2. The van der Waals surface area contributed by atoms with E-state index < -0.39 is 0 Å². The van der Waals surface area contributed by atoms with Crippen molar-refractivity contribution in [2.45, 2.75) is 45.6 Å². The molecule has 2 heterocycles. The van der Waals surface area contributed by atoms with Crippen molar-refractivity contribution in [2.24, 2.45) is 10.9 Å². The molecule has 1 aromatic rings. The molecule has 1 aliphatic rings. The molecule has 1 aromatic heterocycles. The van der Waals surface area contributed by atoms with Gasteiger partial charge in [0.25, 0.3) is 0 Å². The highest BCUT2D eigenvalue weighted by Crippen LogP contribution is 2.14. The number of carbonyl (C=O) groups is 1. The zero-order chi connectivity index (χ0) is 19.5. The van der Waals surface area contributed by atoms with Crippen LogP contribution in [0.5, 0.6) is 0 Å². The quantitative estimate of drug-likeness (QED) is 0.266. The summed E-state index contributed by atoms with van der Waals surface area (Å²) in [6.45, 7) is 8.42. The molecule has 3 N–H and O–H groups in total. The fraction of sp³-hybridized carbons (Fsp3) is 0.700. The molecule has 8 heteroatoms. The van der Waals surface area contributed by atoms with E-state index in [0.29, 0.717) is 18.5 Å². The van der Waals surface area contributed by atoms with E-state index in [-0.39, 0.29) is 29.9 Å². The van der Waals surface area contributed by atoms with Gasteiger partial charge in [-0.05, 0) is 43.0 Å². The van der Waals surface area contributed by atoms with Crippen LogP contribution in [-0.4, -0.2) is 62.6 Å². The van der Waals surface area contributed by atoms with E-state index in [0.717, 1.165) is 57.8 Å². The van der Waals surface area contributed by atoms with Gasteiger partial charge >= 0.3 is 0 Å². The summed E-state index contributed by atoms with van der Waals surface area (Å²) in [7, 11) is 1.83. The second-order valence-corrected chi connectivity index (χ2v) is 8.42. The molecule has 0 saturated carbocycles. The first-order valence-corrected chi connectivity index (χ1v) is 11.0. The average Bonchev–Trinajstić information content (AvgIpc) is 3.17. The van der Waals surface area contributed by atoms with Gasteiger partial charge in [-0.15, -0.1) is 35.3 Å². The number of amides is 1. The molecule has 1 saturated heterocycles. The smallest absolute Gasteiger partial charge is 0.234 e. The van der Waals surface area contributed by atoms with Crippen molar-refractivity contribution in [3.8, 4) is 0 Å². The first-order chi connectivity index (χ1) is 13.1. The SMILES string of the molecule is CCCNC(=O)CN1CCC(NC(=NC)NCC(C)Cc2cccs2)CC1.I. The van der Waals surface area contributed by atoms with E-state index >= 15 is 0 Å².